The lowest BCUT2D eigenvalue weighted by atomic mass is 10.1. The molecule has 29 heavy (non-hydrogen) atoms. The van der Waals surface area contributed by atoms with Gasteiger partial charge in [-0.1, -0.05) is 29.4 Å². The molecule has 0 bridgehead atoms. The maximum atomic E-state index is 12.9. The van der Waals surface area contributed by atoms with E-state index in [1.165, 1.54) is 23.3 Å². The van der Waals surface area contributed by atoms with Gasteiger partial charge in [0.1, 0.15) is 0 Å². The topological polar surface area (TPSA) is 84.8 Å². The number of hydrogen-bond donors (Lipinski definition) is 1. The average Bonchev–Trinajstić information content (AvgIpc) is 2.97. The second-order valence-corrected chi connectivity index (χ2v) is 8.03. The van der Waals surface area contributed by atoms with E-state index >= 15 is 0 Å². The van der Waals surface area contributed by atoms with Crippen LogP contribution in [-0.2, 0) is 6.54 Å². The summed E-state index contributed by atoms with van der Waals surface area (Å²) in [6, 6.07) is 4.93. The molecule has 0 spiro atoms. The molecule has 0 aliphatic rings. The van der Waals surface area contributed by atoms with Crippen molar-refractivity contribution in [2.24, 2.45) is 0 Å². The van der Waals surface area contributed by atoms with Crippen molar-refractivity contribution in [3.05, 3.63) is 68.7 Å². The fourth-order valence-electron chi connectivity index (χ4n) is 3.33. The van der Waals surface area contributed by atoms with Gasteiger partial charge >= 0.3 is 0 Å². The number of H-pyrrole nitrogens is 1. The second kappa shape index (κ2) is 8.39. The third kappa shape index (κ3) is 4.06. The Morgan fingerprint density at radius 2 is 2.07 bits per heavy atom. The number of hydrogen-bond acceptors (Lipinski definition) is 5. The Morgan fingerprint density at radius 3 is 2.69 bits per heavy atom. The van der Waals surface area contributed by atoms with Crippen molar-refractivity contribution in [1.29, 1.82) is 0 Å². The highest BCUT2D eigenvalue weighted by Crippen LogP contribution is 2.24. The molecule has 0 aliphatic heterocycles. The number of aryl methyl sites for hydroxylation is 1. The van der Waals surface area contributed by atoms with Gasteiger partial charge in [0.25, 0.3) is 5.56 Å². The molecule has 2 heterocycles. The molecule has 1 N–H and O–H groups in total. The Morgan fingerprint density at radius 1 is 1.34 bits per heavy atom. The first-order valence-electron chi connectivity index (χ1n) is 8.91. The van der Waals surface area contributed by atoms with Crippen LogP contribution in [0, 0.1) is 13.8 Å². The van der Waals surface area contributed by atoms with Crippen LogP contribution in [-0.4, -0.2) is 31.9 Å². The molecule has 0 saturated carbocycles. The van der Waals surface area contributed by atoms with Crippen LogP contribution in [0.1, 0.15) is 39.0 Å². The average molecular weight is 430 g/mol. The monoisotopic (exact) mass is 429 g/mol. The van der Waals surface area contributed by atoms with E-state index in [9.17, 15) is 14.4 Å². The van der Waals surface area contributed by atoms with Crippen LogP contribution in [0.4, 0.5) is 0 Å². The SMILES string of the molecule is C=CCn1c(SCC(=O)c2[nH]c(C)c(C(C)=O)c2C)nc2ccc(Cl)cc2c1=O. The summed E-state index contributed by atoms with van der Waals surface area (Å²) < 4.78 is 1.47. The lowest BCUT2D eigenvalue weighted by Crippen LogP contribution is -2.23. The van der Waals surface area contributed by atoms with E-state index in [4.69, 9.17) is 11.6 Å². The molecule has 0 radical (unpaired) electrons. The van der Waals surface area contributed by atoms with Gasteiger partial charge in [0.2, 0.25) is 0 Å². The molecule has 3 aromatic rings. The Balaban J connectivity index is 1.95. The van der Waals surface area contributed by atoms with E-state index in [1.54, 1.807) is 38.1 Å². The number of carbonyl (C=O) groups excluding carboxylic acids is 2. The lowest BCUT2D eigenvalue weighted by molar-refractivity contribution is 0.101. The number of rotatable bonds is 7. The molecule has 150 valence electrons. The van der Waals surface area contributed by atoms with Crippen molar-refractivity contribution in [2.75, 3.05) is 5.75 Å². The van der Waals surface area contributed by atoms with Crippen LogP contribution >= 0.6 is 23.4 Å². The molecule has 0 amide bonds. The van der Waals surface area contributed by atoms with Crippen molar-refractivity contribution >= 4 is 45.8 Å². The fraction of sp³-hybridized carbons (Fsp3) is 0.238. The highest BCUT2D eigenvalue weighted by Gasteiger charge is 2.21. The number of benzene rings is 1. The summed E-state index contributed by atoms with van der Waals surface area (Å²) in [5.41, 5.74) is 2.55. The van der Waals surface area contributed by atoms with Gasteiger partial charge < -0.3 is 4.98 Å². The van der Waals surface area contributed by atoms with E-state index in [0.29, 0.717) is 43.6 Å². The smallest absolute Gasteiger partial charge is 0.262 e. The first-order chi connectivity index (χ1) is 13.7. The zero-order valence-corrected chi connectivity index (χ0v) is 17.9. The molecule has 3 rings (SSSR count). The minimum Gasteiger partial charge on any atom is -0.355 e. The normalized spacial score (nSPS) is 11.0. The van der Waals surface area contributed by atoms with Gasteiger partial charge in [0, 0.05) is 22.8 Å². The molecule has 0 aliphatic carbocycles. The number of thioether (sulfide) groups is 1. The van der Waals surface area contributed by atoms with Crippen molar-refractivity contribution in [3.8, 4) is 0 Å². The molecule has 0 saturated heterocycles. The minimum atomic E-state index is -0.238. The summed E-state index contributed by atoms with van der Waals surface area (Å²) in [5, 5.41) is 1.29. The lowest BCUT2D eigenvalue weighted by Gasteiger charge is -2.11. The van der Waals surface area contributed by atoms with Gasteiger partial charge in [-0.25, -0.2) is 4.98 Å². The van der Waals surface area contributed by atoms with Crippen LogP contribution < -0.4 is 5.56 Å². The van der Waals surface area contributed by atoms with Crippen molar-refractivity contribution in [3.63, 3.8) is 0 Å². The maximum Gasteiger partial charge on any atom is 0.262 e. The van der Waals surface area contributed by atoms with Gasteiger partial charge in [0.15, 0.2) is 16.7 Å². The molecule has 2 aromatic heterocycles. The summed E-state index contributed by atoms with van der Waals surface area (Å²) in [5.74, 6) is -0.183. The van der Waals surface area contributed by atoms with E-state index in [0.717, 1.165) is 0 Å². The van der Waals surface area contributed by atoms with E-state index in [-0.39, 0.29) is 29.4 Å². The third-order valence-corrected chi connectivity index (χ3v) is 5.81. The largest absolute Gasteiger partial charge is 0.355 e. The molecule has 0 unspecified atom stereocenters. The summed E-state index contributed by atoms with van der Waals surface area (Å²) >= 11 is 7.18. The number of fused-ring (bicyclic) bond motifs is 1. The zero-order chi connectivity index (χ0) is 21.3. The van der Waals surface area contributed by atoms with Crippen molar-refractivity contribution in [2.45, 2.75) is 32.5 Å². The number of nitrogens with one attached hydrogen (secondary N) is 1. The van der Waals surface area contributed by atoms with E-state index in [1.807, 2.05) is 0 Å². The van der Waals surface area contributed by atoms with Gasteiger partial charge in [0.05, 0.1) is 22.3 Å². The van der Waals surface area contributed by atoms with E-state index < -0.39 is 0 Å². The van der Waals surface area contributed by atoms with Crippen LogP contribution in [0.3, 0.4) is 0 Å². The van der Waals surface area contributed by atoms with Crippen LogP contribution in [0.25, 0.3) is 10.9 Å². The first kappa shape index (κ1) is 21.1. The Bertz CT molecular complexity index is 1210. The molecule has 1 aromatic carbocycles. The predicted octanol–water partition coefficient (Wildman–Crippen LogP) is 4.36. The molecule has 0 atom stereocenters. The standard InChI is InChI=1S/C21H20ClN3O3S/c1-5-8-25-20(28)15-9-14(22)6-7-16(15)24-21(25)29-10-17(27)19-11(2)18(13(4)26)12(3)23-19/h5-7,9,23H,1,8,10H2,2-4H3. The van der Waals surface area contributed by atoms with Crippen LogP contribution in [0.2, 0.25) is 5.02 Å². The summed E-state index contributed by atoms with van der Waals surface area (Å²) in [6.07, 6.45) is 1.60. The summed E-state index contributed by atoms with van der Waals surface area (Å²) in [6.45, 7) is 8.96. The second-order valence-electron chi connectivity index (χ2n) is 6.65. The summed E-state index contributed by atoms with van der Waals surface area (Å²) in [4.78, 5) is 45.0. The highest BCUT2D eigenvalue weighted by molar-refractivity contribution is 7.99. The molecule has 0 fully saturated rings. The maximum absolute atomic E-state index is 12.9. The van der Waals surface area contributed by atoms with Crippen molar-refractivity contribution < 1.29 is 9.59 Å². The van der Waals surface area contributed by atoms with Gasteiger partial charge in [-0.15, -0.1) is 6.58 Å². The third-order valence-electron chi connectivity index (χ3n) is 4.59. The number of ketones is 2. The van der Waals surface area contributed by atoms with Gasteiger partial charge in [-0.05, 0) is 44.5 Å². The molecular weight excluding hydrogens is 410 g/mol. The van der Waals surface area contributed by atoms with Crippen LogP contribution in [0.15, 0.2) is 40.8 Å². The quantitative estimate of drug-likeness (QED) is 0.261. The zero-order valence-electron chi connectivity index (χ0n) is 16.3. The number of carbonyl (C=O) groups is 2. The Labute approximate surface area is 177 Å². The fourth-order valence-corrected chi connectivity index (χ4v) is 4.39. The summed E-state index contributed by atoms with van der Waals surface area (Å²) in [7, 11) is 0. The number of aromatic nitrogens is 3. The first-order valence-corrected chi connectivity index (χ1v) is 10.3. The van der Waals surface area contributed by atoms with E-state index in [2.05, 4.69) is 16.5 Å². The number of Topliss-reactive ketones (excluding diaryl/α,β-unsaturated/α-hetero) is 2. The minimum absolute atomic E-state index is 0.0703. The molecule has 6 nitrogen and oxygen atoms in total. The predicted molar refractivity (Wildman–Crippen MR) is 117 cm³/mol. The number of allylic oxidation sites excluding steroid dienone is 1. The number of halogens is 1. The van der Waals surface area contributed by atoms with Gasteiger partial charge in [-0.2, -0.15) is 0 Å². The number of aromatic amines is 1. The van der Waals surface area contributed by atoms with Crippen LogP contribution in [0.5, 0.6) is 0 Å². The van der Waals surface area contributed by atoms with Gasteiger partial charge in [-0.3, -0.25) is 19.0 Å². The highest BCUT2D eigenvalue weighted by atomic mass is 35.5. The Hall–Kier alpha value is -2.64. The Kier molecular flexibility index (Phi) is 6.10. The van der Waals surface area contributed by atoms with Crippen molar-refractivity contribution in [1.82, 2.24) is 14.5 Å². The molecular formula is C21H20ClN3O3S. The molecule has 8 heteroatoms. The number of nitrogens with zero attached hydrogens (tertiary/aromatic N) is 2.